The van der Waals surface area contributed by atoms with Crippen molar-refractivity contribution in [2.75, 3.05) is 13.2 Å². The lowest BCUT2D eigenvalue weighted by molar-refractivity contribution is -0.326. The third-order valence-electron chi connectivity index (χ3n) is 5.60. The Labute approximate surface area is 182 Å². The molecule has 0 spiro atoms. The normalized spacial score (nSPS) is 40.4. The number of ether oxygens (including phenoxy) is 4. The Morgan fingerprint density at radius 2 is 1.52 bits per heavy atom. The maximum atomic E-state index is 10.3. The molecule has 2 heterocycles. The van der Waals surface area contributed by atoms with E-state index >= 15 is 0 Å². The van der Waals surface area contributed by atoms with E-state index in [1.165, 1.54) is 0 Å². The Hall–Kier alpha value is -0.920. The highest BCUT2D eigenvalue weighted by Gasteiger charge is 2.48. The van der Waals surface area contributed by atoms with Crippen LogP contribution in [0.4, 0.5) is 0 Å². The van der Waals surface area contributed by atoms with E-state index < -0.39 is 67.5 Å². The first-order valence-corrected chi connectivity index (χ1v) is 10.4. The summed E-state index contributed by atoms with van der Waals surface area (Å²) >= 11 is 0. The van der Waals surface area contributed by atoms with Crippen LogP contribution in [0.25, 0.3) is 0 Å². The van der Waals surface area contributed by atoms with E-state index in [0.29, 0.717) is 12.8 Å². The first kappa shape index (κ1) is 26.3. The van der Waals surface area contributed by atoms with Crippen molar-refractivity contribution >= 4 is 0 Å². The maximum absolute atomic E-state index is 10.3. The van der Waals surface area contributed by atoms with Crippen molar-refractivity contribution in [2.24, 2.45) is 0 Å². The van der Waals surface area contributed by atoms with Gasteiger partial charge >= 0.3 is 0 Å². The molecule has 2 rings (SSSR count). The zero-order valence-corrected chi connectivity index (χ0v) is 18.2. The molecule has 10 atom stereocenters. The van der Waals surface area contributed by atoms with Crippen molar-refractivity contribution in [1.29, 1.82) is 0 Å². The molecule has 6 N–H and O–H groups in total. The summed E-state index contributed by atoms with van der Waals surface area (Å²) < 4.78 is 22.2. The Morgan fingerprint density at radius 1 is 0.935 bits per heavy atom. The van der Waals surface area contributed by atoms with Crippen molar-refractivity contribution in [3.63, 3.8) is 0 Å². The fourth-order valence-corrected chi connectivity index (χ4v) is 3.47. The van der Waals surface area contributed by atoms with Crippen molar-refractivity contribution in [3.05, 3.63) is 24.3 Å². The summed E-state index contributed by atoms with van der Waals surface area (Å²) in [5.41, 5.74) is 0.287. The molecular weight excluding hydrogens is 412 g/mol. The van der Waals surface area contributed by atoms with Gasteiger partial charge in [0.25, 0.3) is 0 Å². The van der Waals surface area contributed by atoms with Crippen LogP contribution in [0, 0.1) is 0 Å². The first-order valence-electron chi connectivity index (χ1n) is 10.4. The van der Waals surface area contributed by atoms with Gasteiger partial charge in [0.1, 0.15) is 42.7 Å². The molecule has 0 amide bonds. The molecule has 31 heavy (non-hydrogen) atoms. The van der Waals surface area contributed by atoms with E-state index in [0.717, 1.165) is 5.57 Å². The van der Waals surface area contributed by atoms with Gasteiger partial charge in [0.05, 0.1) is 18.8 Å². The van der Waals surface area contributed by atoms with Crippen molar-refractivity contribution < 1.29 is 49.6 Å². The smallest absolute Gasteiger partial charge is 0.187 e. The number of aliphatic hydroxyl groups excluding tert-OH is 6. The molecular formula is C21H36O10. The van der Waals surface area contributed by atoms with E-state index in [9.17, 15) is 25.5 Å². The maximum Gasteiger partial charge on any atom is 0.187 e. The zero-order valence-electron chi connectivity index (χ0n) is 18.2. The second-order valence-electron chi connectivity index (χ2n) is 8.51. The highest BCUT2D eigenvalue weighted by molar-refractivity contribution is 5.00. The van der Waals surface area contributed by atoms with Crippen LogP contribution in [-0.2, 0) is 18.9 Å². The van der Waals surface area contributed by atoms with Crippen LogP contribution in [0.15, 0.2) is 24.3 Å². The van der Waals surface area contributed by atoms with Crippen molar-refractivity contribution in [2.45, 2.75) is 94.5 Å². The summed E-state index contributed by atoms with van der Waals surface area (Å²) in [7, 11) is 0. The van der Waals surface area contributed by atoms with Crippen LogP contribution < -0.4 is 0 Å². The predicted octanol–water partition coefficient (Wildman–Crippen LogP) is -1.04. The molecule has 0 aromatic carbocycles. The molecule has 10 nitrogen and oxygen atoms in total. The van der Waals surface area contributed by atoms with Gasteiger partial charge in [-0.15, -0.1) is 6.58 Å². The quantitative estimate of drug-likeness (QED) is 0.228. The molecule has 10 heteroatoms. The van der Waals surface area contributed by atoms with Gasteiger partial charge < -0.3 is 49.6 Å². The fourth-order valence-electron chi connectivity index (χ4n) is 3.47. The fraction of sp³-hybridized carbons (Fsp3) is 0.810. The molecule has 0 bridgehead atoms. The van der Waals surface area contributed by atoms with E-state index in [-0.39, 0.29) is 6.61 Å². The molecule has 2 aliphatic heterocycles. The lowest BCUT2D eigenvalue weighted by atomic mass is 9.96. The summed E-state index contributed by atoms with van der Waals surface area (Å²) in [5.74, 6) is 0. The standard InChI is InChI=1S/C21H36O10/c1-5-21(4,8-6-7-11(2)3)31-20-18(27)16(25)15(24)13(30-20)10-28-19-17(26)14(23)12(9-22)29-19/h5,7,12-20,22-27H,1,6,8-10H2,2-4H3/t12-,13+,14-,15+,16-,17+,18+,19+,20-,21+/m0/s1. The number of hydrogen-bond acceptors (Lipinski definition) is 10. The van der Waals surface area contributed by atoms with Crippen LogP contribution in [0.3, 0.4) is 0 Å². The van der Waals surface area contributed by atoms with Crippen LogP contribution in [-0.4, -0.2) is 105 Å². The van der Waals surface area contributed by atoms with Crippen molar-refractivity contribution in [3.8, 4) is 0 Å². The SMILES string of the molecule is C=C[C@](C)(CCC=C(C)C)O[C@@H]1O[C@H](CO[C@@H]2O[C@@H](CO)[C@H](O)[C@H]2O)[C@@H](O)[C@H](O)[C@H]1O. The second kappa shape index (κ2) is 11.3. The monoisotopic (exact) mass is 448 g/mol. The van der Waals surface area contributed by atoms with Gasteiger partial charge in [0.2, 0.25) is 0 Å². The Kier molecular flexibility index (Phi) is 9.58. The van der Waals surface area contributed by atoms with Crippen LogP contribution in [0.5, 0.6) is 0 Å². The van der Waals surface area contributed by atoms with E-state index in [4.69, 9.17) is 24.1 Å². The van der Waals surface area contributed by atoms with Crippen LogP contribution >= 0.6 is 0 Å². The summed E-state index contributed by atoms with van der Waals surface area (Å²) in [4.78, 5) is 0. The third-order valence-corrected chi connectivity index (χ3v) is 5.60. The molecule has 2 aliphatic rings. The van der Waals surface area contributed by atoms with Gasteiger partial charge in [0.15, 0.2) is 12.6 Å². The average molecular weight is 449 g/mol. The van der Waals surface area contributed by atoms with Crippen LogP contribution in [0.2, 0.25) is 0 Å². The van der Waals surface area contributed by atoms with Gasteiger partial charge in [-0.25, -0.2) is 0 Å². The lowest BCUT2D eigenvalue weighted by Crippen LogP contribution is -2.60. The topological polar surface area (TPSA) is 158 Å². The van der Waals surface area contributed by atoms with Gasteiger partial charge in [-0.2, -0.15) is 0 Å². The minimum atomic E-state index is -1.57. The average Bonchev–Trinajstić information content (AvgIpc) is 3.00. The van der Waals surface area contributed by atoms with E-state index in [1.807, 2.05) is 19.9 Å². The molecule has 0 radical (unpaired) electrons. The number of rotatable bonds is 10. The number of hydrogen-bond donors (Lipinski definition) is 6. The highest BCUT2D eigenvalue weighted by Crippen LogP contribution is 2.30. The Bertz CT molecular complexity index is 609. The van der Waals surface area contributed by atoms with Gasteiger partial charge in [-0.05, 0) is 33.6 Å². The van der Waals surface area contributed by atoms with Gasteiger partial charge in [0, 0.05) is 0 Å². The summed E-state index contributed by atoms with van der Waals surface area (Å²) in [6.07, 6.45) is -7.06. The van der Waals surface area contributed by atoms with Crippen molar-refractivity contribution in [1.82, 2.24) is 0 Å². The molecule has 0 unspecified atom stereocenters. The minimum Gasteiger partial charge on any atom is -0.394 e. The first-order chi connectivity index (χ1) is 14.5. The summed E-state index contributed by atoms with van der Waals surface area (Å²) in [6, 6.07) is 0. The summed E-state index contributed by atoms with van der Waals surface area (Å²) in [5, 5.41) is 59.8. The number of allylic oxidation sites excluding steroid dienone is 2. The minimum absolute atomic E-state index is 0.333. The van der Waals surface area contributed by atoms with Crippen LogP contribution in [0.1, 0.15) is 33.6 Å². The second-order valence-corrected chi connectivity index (χ2v) is 8.51. The third kappa shape index (κ3) is 6.55. The van der Waals surface area contributed by atoms with E-state index in [2.05, 4.69) is 6.58 Å². The Balaban J connectivity index is 2.01. The summed E-state index contributed by atoms with van der Waals surface area (Å²) in [6.45, 7) is 8.68. The molecule has 0 aromatic heterocycles. The Morgan fingerprint density at radius 3 is 2.06 bits per heavy atom. The molecule has 2 saturated heterocycles. The molecule has 0 saturated carbocycles. The molecule has 0 aromatic rings. The zero-order chi connectivity index (χ0) is 23.3. The van der Waals surface area contributed by atoms with Gasteiger partial charge in [-0.3, -0.25) is 0 Å². The van der Waals surface area contributed by atoms with E-state index in [1.54, 1.807) is 13.0 Å². The molecule has 180 valence electrons. The predicted molar refractivity (Wildman–Crippen MR) is 109 cm³/mol. The molecule has 2 fully saturated rings. The lowest BCUT2D eigenvalue weighted by Gasteiger charge is -2.43. The largest absolute Gasteiger partial charge is 0.394 e. The van der Waals surface area contributed by atoms with Gasteiger partial charge in [-0.1, -0.05) is 17.7 Å². The highest BCUT2D eigenvalue weighted by atomic mass is 16.7. The number of aliphatic hydroxyl groups is 6. The molecule has 0 aliphatic carbocycles.